The molecule has 1 aliphatic carbocycles. The van der Waals surface area contributed by atoms with Crippen LogP contribution in [0.4, 0.5) is 0 Å². The second kappa shape index (κ2) is 8.73. The zero-order valence-electron chi connectivity index (χ0n) is 14.2. The molecule has 0 heterocycles. The molecule has 0 aliphatic heterocycles. The van der Waals surface area contributed by atoms with Gasteiger partial charge in [0.2, 0.25) is 0 Å². The Balaban J connectivity index is 2.20. The van der Waals surface area contributed by atoms with Gasteiger partial charge in [0.05, 0.1) is 0 Å². The summed E-state index contributed by atoms with van der Waals surface area (Å²) in [7, 11) is 0. The van der Waals surface area contributed by atoms with Crippen molar-refractivity contribution in [2.45, 2.75) is 46.0 Å². The number of esters is 1. The highest BCUT2D eigenvalue weighted by molar-refractivity contribution is 5.76. The van der Waals surface area contributed by atoms with Gasteiger partial charge in [-0.3, -0.25) is 4.79 Å². The summed E-state index contributed by atoms with van der Waals surface area (Å²) in [6.45, 7) is 4.96. The zero-order valence-corrected chi connectivity index (χ0v) is 14.2. The van der Waals surface area contributed by atoms with Crippen LogP contribution < -0.4 is 15.8 Å². The maximum Gasteiger partial charge on any atom is 0.308 e. The molecule has 1 aromatic rings. The molecule has 0 aromatic heterocycles. The molecule has 3 N–H and O–H groups in total. The molecule has 0 amide bonds. The van der Waals surface area contributed by atoms with Crippen molar-refractivity contribution < 1.29 is 9.53 Å². The van der Waals surface area contributed by atoms with E-state index >= 15 is 0 Å². The van der Waals surface area contributed by atoms with E-state index in [1.54, 1.807) is 0 Å². The Morgan fingerprint density at radius 3 is 2.78 bits per heavy atom. The third-order valence-electron chi connectivity index (χ3n) is 4.31. The highest BCUT2D eigenvalue weighted by Crippen LogP contribution is 2.28. The average Bonchev–Trinajstić information content (AvgIpc) is 2.47. The van der Waals surface area contributed by atoms with Crippen molar-refractivity contribution in [1.29, 1.82) is 0 Å². The van der Waals surface area contributed by atoms with E-state index < -0.39 is 0 Å². The number of benzene rings is 1. The van der Waals surface area contributed by atoms with E-state index in [1.165, 1.54) is 31.7 Å². The van der Waals surface area contributed by atoms with Gasteiger partial charge in [-0.25, -0.2) is 0 Å². The van der Waals surface area contributed by atoms with Crippen LogP contribution in [0.5, 0.6) is 5.75 Å². The first-order valence-corrected chi connectivity index (χ1v) is 8.58. The fraction of sp³-hybridized carbons (Fsp3) is 0.526. The predicted molar refractivity (Wildman–Crippen MR) is 94.1 cm³/mol. The number of carbonyl (C=O) groups excluding carboxylic acids is 1. The van der Waals surface area contributed by atoms with Gasteiger partial charge in [0, 0.05) is 31.8 Å². The summed E-state index contributed by atoms with van der Waals surface area (Å²) >= 11 is 0. The molecule has 23 heavy (non-hydrogen) atoms. The van der Waals surface area contributed by atoms with E-state index in [9.17, 15) is 4.79 Å². The lowest BCUT2D eigenvalue weighted by atomic mass is 9.85. The Morgan fingerprint density at radius 2 is 2.22 bits per heavy atom. The molecule has 1 aromatic carbocycles. The molecule has 1 aliphatic rings. The Hall–Kier alpha value is -1.81. The van der Waals surface area contributed by atoms with Crippen LogP contribution in [-0.4, -0.2) is 19.1 Å². The molecule has 4 nitrogen and oxygen atoms in total. The van der Waals surface area contributed by atoms with E-state index in [0.29, 0.717) is 12.3 Å². The summed E-state index contributed by atoms with van der Waals surface area (Å²) < 4.78 is 5.36. The van der Waals surface area contributed by atoms with Crippen molar-refractivity contribution in [3.05, 3.63) is 35.5 Å². The second-order valence-electron chi connectivity index (χ2n) is 6.25. The van der Waals surface area contributed by atoms with Gasteiger partial charge in [0.25, 0.3) is 0 Å². The fourth-order valence-corrected chi connectivity index (χ4v) is 2.81. The average molecular weight is 316 g/mol. The molecule has 0 radical (unpaired) electrons. The van der Waals surface area contributed by atoms with Crippen molar-refractivity contribution in [3.8, 4) is 5.75 Å². The molecule has 2 rings (SSSR count). The summed E-state index contributed by atoms with van der Waals surface area (Å²) in [5.74, 6) is 1.05. The number of rotatable bonds is 8. The zero-order chi connectivity index (χ0) is 16.7. The molecule has 0 unspecified atom stereocenters. The van der Waals surface area contributed by atoms with Crippen molar-refractivity contribution in [3.63, 3.8) is 0 Å². The highest BCUT2D eigenvalue weighted by Gasteiger charge is 2.16. The van der Waals surface area contributed by atoms with Gasteiger partial charge in [-0.05, 0) is 48.4 Å². The highest BCUT2D eigenvalue weighted by atomic mass is 16.5. The molecule has 1 saturated carbocycles. The number of carbonyl (C=O) groups is 1. The van der Waals surface area contributed by atoms with Crippen molar-refractivity contribution in [2.75, 3.05) is 13.1 Å². The molecule has 0 bridgehead atoms. The number of nitrogens with two attached hydrogens (primary N) is 1. The summed E-state index contributed by atoms with van der Waals surface area (Å²) in [6, 6.07) is 5.98. The molecule has 126 valence electrons. The minimum Gasteiger partial charge on any atom is -0.426 e. The fourth-order valence-electron chi connectivity index (χ4n) is 2.81. The molecule has 4 heteroatoms. The molecular weight excluding hydrogens is 288 g/mol. The van der Waals surface area contributed by atoms with E-state index in [2.05, 4.69) is 18.3 Å². The van der Waals surface area contributed by atoms with E-state index in [-0.39, 0.29) is 5.97 Å². The molecule has 0 saturated heterocycles. The smallest absolute Gasteiger partial charge is 0.308 e. The Morgan fingerprint density at radius 1 is 1.43 bits per heavy atom. The Labute approximate surface area is 139 Å². The summed E-state index contributed by atoms with van der Waals surface area (Å²) in [4.78, 5) is 11.3. The third kappa shape index (κ3) is 5.10. The molecule has 0 spiro atoms. The number of nitrogens with one attached hydrogen (secondary N) is 1. The number of ether oxygens (including phenoxy) is 1. The van der Waals surface area contributed by atoms with Crippen molar-refractivity contribution >= 4 is 11.5 Å². The van der Waals surface area contributed by atoms with Gasteiger partial charge < -0.3 is 15.8 Å². The van der Waals surface area contributed by atoms with Crippen LogP contribution in [0.2, 0.25) is 0 Å². The SMILES string of the molecule is CCCc1ccc(OC(C)=O)c(/C(=C/NCC2CCC2)CN)c1. The topological polar surface area (TPSA) is 64.3 Å². The van der Waals surface area contributed by atoms with Gasteiger partial charge in [-0.2, -0.15) is 0 Å². The summed E-state index contributed by atoms with van der Waals surface area (Å²) in [6.07, 6.45) is 8.02. The standard InChI is InChI=1S/C19H28N2O2/c1-3-5-15-8-9-19(23-14(2)22)18(10-15)17(11-20)13-21-12-16-6-4-7-16/h8-10,13,16,21H,3-7,11-12,20H2,1-2H3/b17-13+. The van der Waals surface area contributed by atoms with Crippen LogP contribution in [0.3, 0.4) is 0 Å². The monoisotopic (exact) mass is 316 g/mol. The lowest BCUT2D eigenvalue weighted by Crippen LogP contribution is -2.24. The van der Waals surface area contributed by atoms with Crippen molar-refractivity contribution in [2.24, 2.45) is 11.7 Å². The van der Waals surface area contributed by atoms with Crippen LogP contribution in [0, 0.1) is 5.92 Å². The largest absolute Gasteiger partial charge is 0.426 e. The van der Waals surface area contributed by atoms with Crippen LogP contribution in [0.1, 0.15) is 50.7 Å². The Kier molecular flexibility index (Phi) is 6.66. The third-order valence-corrected chi connectivity index (χ3v) is 4.31. The maximum atomic E-state index is 11.3. The van der Waals surface area contributed by atoms with Gasteiger partial charge >= 0.3 is 5.97 Å². The van der Waals surface area contributed by atoms with Gasteiger partial charge in [-0.1, -0.05) is 25.8 Å². The van der Waals surface area contributed by atoms with Gasteiger partial charge in [0.1, 0.15) is 5.75 Å². The van der Waals surface area contributed by atoms with E-state index in [0.717, 1.165) is 36.4 Å². The van der Waals surface area contributed by atoms with Gasteiger partial charge in [-0.15, -0.1) is 0 Å². The van der Waals surface area contributed by atoms with E-state index in [1.807, 2.05) is 18.3 Å². The van der Waals surface area contributed by atoms with Crippen LogP contribution in [0.25, 0.3) is 5.57 Å². The van der Waals surface area contributed by atoms with E-state index in [4.69, 9.17) is 10.5 Å². The van der Waals surface area contributed by atoms with Gasteiger partial charge in [0.15, 0.2) is 0 Å². The second-order valence-corrected chi connectivity index (χ2v) is 6.25. The minimum atomic E-state index is -0.312. The number of aryl methyl sites for hydroxylation is 1. The first kappa shape index (κ1) is 17.5. The van der Waals surface area contributed by atoms with Crippen LogP contribution in [-0.2, 0) is 11.2 Å². The molecule has 1 fully saturated rings. The number of hydrogen-bond acceptors (Lipinski definition) is 4. The van der Waals surface area contributed by atoms with Crippen LogP contribution in [0.15, 0.2) is 24.4 Å². The molecular formula is C19H28N2O2. The van der Waals surface area contributed by atoms with Crippen molar-refractivity contribution in [1.82, 2.24) is 5.32 Å². The summed E-state index contributed by atoms with van der Waals surface area (Å²) in [5, 5.41) is 3.39. The minimum absolute atomic E-state index is 0.312. The normalized spacial score (nSPS) is 15.2. The summed E-state index contributed by atoms with van der Waals surface area (Å²) in [5.41, 5.74) is 9.06. The lowest BCUT2D eigenvalue weighted by Gasteiger charge is -2.25. The molecule has 0 atom stereocenters. The van der Waals surface area contributed by atoms with Crippen LogP contribution >= 0.6 is 0 Å². The number of hydrogen-bond donors (Lipinski definition) is 2. The quantitative estimate of drug-likeness (QED) is 0.571. The first-order chi connectivity index (χ1) is 11.1. The Bertz CT molecular complexity index is 562. The maximum absolute atomic E-state index is 11.3. The first-order valence-electron chi connectivity index (χ1n) is 8.58. The predicted octanol–water partition coefficient (Wildman–Crippen LogP) is 3.25. The lowest BCUT2D eigenvalue weighted by molar-refractivity contribution is -0.131.